The molecule has 0 amide bonds. The maximum Gasteiger partial charge on any atom is 0.304 e. The normalized spacial score (nSPS) is 23.4. The number of halogens is 1. The molecule has 2 rings (SSSR count). The molecule has 2 unspecified atom stereocenters. The van der Waals surface area contributed by atoms with Gasteiger partial charge in [0.15, 0.2) is 0 Å². The van der Waals surface area contributed by atoms with Crippen molar-refractivity contribution in [1.82, 2.24) is 4.31 Å². The molecule has 1 aromatic rings. The van der Waals surface area contributed by atoms with Gasteiger partial charge in [-0.3, -0.25) is 10.1 Å². The van der Waals surface area contributed by atoms with E-state index in [1.54, 1.807) is 0 Å². The van der Waals surface area contributed by atoms with E-state index in [9.17, 15) is 28.0 Å². The van der Waals surface area contributed by atoms with Crippen molar-refractivity contribution in [3.05, 3.63) is 34.1 Å². The van der Waals surface area contributed by atoms with Crippen molar-refractivity contribution in [2.75, 3.05) is 13.2 Å². The van der Waals surface area contributed by atoms with Crippen LogP contribution in [0.2, 0.25) is 0 Å². The van der Waals surface area contributed by atoms with Gasteiger partial charge in [-0.05, 0) is 18.4 Å². The maximum atomic E-state index is 13.6. The SMILES string of the molecule is CC1CCN(S(=O)(=O)c2ccc([N+](=O)[O-])c(F)c2)C1CO. The van der Waals surface area contributed by atoms with Gasteiger partial charge in [-0.1, -0.05) is 6.92 Å². The molecular weight excluding hydrogens is 303 g/mol. The van der Waals surface area contributed by atoms with E-state index in [-0.39, 0.29) is 24.0 Å². The molecule has 1 aromatic carbocycles. The van der Waals surface area contributed by atoms with Crippen LogP contribution in [0.4, 0.5) is 10.1 Å². The Morgan fingerprint density at radius 1 is 1.52 bits per heavy atom. The van der Waals surface area contributed by atoms with Crippen LogP contribution in [0, 0.1) is 21.8 Å². The number of rotatable bonds is 4. The van der Waals surface area contributed by atoms with Crippen LogP contribution in [-0.2, 0) is 10.0 Å². The van der Waals surface area contributed by atoms with Crippen LogP contribution >= 0.6 is 0 Å². The Morgan fingerprint density at radius 3 is 2.71 bits per heavy atom. The van der Waals surface area contributed by atoms with Crippen molar-refractivity contribution in [3.63, 3.8) is 0 Å². The van der Waals surface area contributed by atoms with E-state index in [4.69, 9.17) is 0 Å². The van der Waals surface area contributed by atoms with Crippen molar-refractivity contribution in [2.45, 2.75) is 24.3 Å². The Kier molecular flexibility index (Phi) is 4.26. The second kappa shape index (κ2) is 5.66. The molecule has 1 aliphatic heterocycles. The average molecular weight is 318 g/mol. The van der Waals surface area contributed by atoms with E-state index in [2.05, 4.69) is 0 Å². The summed E-state index contributed by atoms with van der Waals surface area (Å²) in [5.74, 6) is -1.21. The monoisotopic (exact) mass is 318 g/mol. The lowest BCUT2D eigenvalue weighted by molar-refractivity contribution is -0.387. The zero-order chi connectivity index (χ0) is 15.8. The molecule has 1 heterocycles. The Hall–Kier alpha value is -1.58. The maximum absolute atomic E-state index is 13.6. The lowest BCUT2D eigenvalue weighted by Gasteiger charge is -2.24. The van der Waals surface area contributed by atoms with E-state index in [1.807, 2.05) is 6.92 Å². The summed E-state index contributed by atoms with van der Waals surface area (Å²) in [7, 11) is -3.99. The van der Waals surface area contributed by atoms with Gasteiger partial charge < -0.3 is 5.11 Å². The summed E-state index contributed by atoms with van der Waals surface area (Å²) in [6.45, 7) is 1.73. The zero-order valence-electron chi connectivity index (χ0n) is 11.3. The molecule has 9 heteroatoms. The molecule has 0 saturated carbocycles. The van der Waals surface area contributed by atoms with Crippen LogP contribution in [0.15, 0.2) is 23.1 Å². The number of benzene rings is 1. The Morgan fingerprint density at radius 2 is 2.19 bits per heavy atom. The first-order valence-electron chi connectivity index (χ1n) is 6.35. The van der Waals surface area contributed by atoms with Gasteiger partial charge in [0, 0.05) is 18.7 Å². The predicted octanol–water partition coefficient (Wildman–Crippen LogP) is 1.13. The lowest BCUT2D eigenvalue weighted by Crippen LogP contribution is -2.39. The van der Waals surface area contributed by atoms with Crippen molar-refractivity contribution in [2.24, 2.45) is 5.92 Å². The molecule has 116 valence electrons. The summed E-state index contributed by atoms with van der Waals surface area (Å²) in [6, 6.07) is 1.92. The summed E-state index contributed by atoms with van der Waals surface area (Å²) >= 11 is 0. The van der Waals surface area contributed by atoms with Gasteiger partial charge in [0.05, 0.1) is 22.5 Å². The largest absolute Gasteiger partial charge is 0.395 e. The second-order valence-electron chi connectivity index (χ2n) is 5.00. The highest BCUT2D eigenvalue weighted by Gasteiger charge is 2.39. The van der Waals surface area contributed by atoms with Crippen molar-refractivity contribution in [1.29, 1.82) is 0 Å². The van der Waals surface area contributed by atoms with Crippen molar-refractivity contribution in [3.8, 4) is 0 Å². The third-order valence-electron chi connectivity index (χ3n) is 3.74. The molecule has 1 aliphatic rings. The van der Waals surface area contributed by atoms with Crippen molar-refractivity contribution < 1.29 is 22.8 Å². The standard InChI is InChI=1S/C12H15FN2O5S/c1-8-4-5-14(12(8)7-16)21(19,20)9-2-3-11(15(17)18)10(13)6-9/h2-3,6,8,12,16H,4-5,7H2,1H3. The number of sulfonamides is 1. The van der Waals surface area contributed by atoms with Gasteiger partial charge >= 0.3 is 5.69 Å². The smallest absolute Gasteiger partial charge is 0.304 e. The molecule has 1 fully saturated rings. The van der Waals surface area contributed by atoms with Crippen LogP contribution in [0.1, 0.15) is 13.3 Å². The molecule has 0 aliphatic carbocycles. The van der Waals surface area contributed by atoms with Gasteiger partial charge in [0.25, 0.3) is 0 Å². The van der Waals surface area contributed by atoms with Gasteiger partial charge in [0.2, 0.25) is 15.8 Å². The first-order valence-corrected chi connectivity index (χ1v) is 7.79. The topological polar surface area (TPSA) is 101 Å². The van der Waals surface area contributed by atoms with Gasteiger partial charge in [-0.2, -0.15) is 8.70 Å². The minimum Gasteiger partial charge on any atom is -0.395 e. The Balaban J connectivity index is 2.41. The van der Waals surface area contributed by atoms with Crippen LogP contribution in [-0.4, -0.2) is 41.9 Å². The summed E-state index contributed by atoms with van der Waals surface area (Å²) in [5, 5.41) is 19.9. The molecule has 1 saturated heterocycles. The summed E-state index contributed by atoms with van der Waals surface area (Å²) in [6.07, 6.45) is 0.597. The molecule has 0 radical (unpaired) electrons. The molecule has 0 spiro atoms. The number of hydrogen-bond donors (Lipinski definition) is 1. The first-order chi connectivity index (χ1) is 9.78. The fourth-order valence-electron chi connectivity index (χ4n) is 2.47. The molecular formula is C12H15FN2O5S. The molecule has 2 atom stereocenters. The van der Waals surface area contributed by atoms with Gasteiger partial charge in [-0.25, -0.2) is 8.42 Å². The second-order valence-corrected chi connectivity index (χ2v) is 6.89. The third kappa shape index (κ3) is 2.76. The minimum absolute atomic E-state index is 0.00679. The number of nitro groups is 1. The fraction of sp³-hybridized carbons (Fsp3) is 0.500. The van der Waals surface area contributed by atoms with Gasteiger partial charge in [0.1, 0.15) is 0 Å². The zero-order valence-corrected chi connectivity index (χ0v) is 12.1. The molecule has 21 heavy (non-hydrogen) atoms. The Labute approximate surface area is 121 Å². The first kappa shape index (κ1) is 15.8. The summed E-state index contributed by atoms with van der Waals surface area (Å²) in [4.78, 5) is 9.29. The molecule has 0 bridgehead atoms. The fourth-order valence-corrected chi connectivity index (χ4v) is 4.21. The highest BCUT2D eigenvalue weighted by atomic mass is 32.2. The highest BCUT2D eigenvalue weighted by Crippen LogP contribution is 2.31. The highest BCUT2D eigenvalue weighted by molar-refractivity contribution is 7.89. The lowest BCUT2D eigenvalue weighted by atomic mass is 10.0. The molecule has 1 N–H and O–H groups in total. The molecule has 7 nitrogen and oxygen atoms in total. The van der Waals surface area contributed by atoms with Crippen LogP contribution < -0.4 is 0 Å². The van der Waals surface area contributed by atoms with E-state index >= 15 is 0 Å². The van der Waals surface area contributed by atoms with Crippen LogP contribution in [0.3, 0.4) is 0 Å². The van der Waals surface area contributed by atoms with Gasteiger partial charge in [-0.15, -0.1) is 0 Å². The molecule has 0 aromatic heterocycles. The Bertz CT molecular complexity index is 664. The van der Waals surface area contributed by atoms with E-state index < -0.39 is 32.5 Å². The van der Waals surface area contributed by atoms with E-state index in [0.717, 1.165) is 16.4 Å². The predicted molar refractivity (Wildman–Crippen MR) is 71.6 cm³/mol. The third-order valence-corrected chi connectivity index (χ3v) is 5.66. The number of nitrogens with zero attached hydrogens (tertiary/aromatic N) is 2. The average Bonchev–Trinajstić information content (AvgIpc) is 2.79. The van der Waals surface area contributed by atoms with Crippen LogP contribution in [0.25, 0.3) is 0 Å². The number of aliphatic hydroxyl groups is 1. The van der Waals surface area contributed by atoms with E-state index in [0.29, 0.717) is 12.5 Å². The van der Waals surface area contributed by atoms with Crippen LogP contribution in [0.5, 0.6) is 0 Å². The van der Waals surface area contributed by atoms with E-state index in [1.165, 1.54) is 0 Å². The summed E-state index contributed by atoms with van der Waals surface area (Å²) in [5.41, 5.74) is -0.776. The number of aliphatic hydroxyl groups excluding tert-OH is 1. The minimum atomic E-state index is -3.99. The summed E-state index contributed by atoms with van der Waals surface area (Å²) < 4.78 is 39.6. The quantitative estimate of drug-likeness (QED) is 0.662. The number of nitro benzene ring substituents is 1. The van der Waals surface area contributed by atoms with Crippen molar-refractivity contribution >= 4 is 15.7 Å². The number of hydrogen-bond acceptors (Lipinski definition) is 5.